The molecule has 4 nitrogen and oxygen atoms in total. The number of aromatic nitrogens is 1. The Bertz CT molecular complexity index is 1200. The summed E-state index contributed by atoms with van der Waals surface area (Å²) in [7, 11) is 0. The van der Waals surface area contributed by atoms with Crippen LogP contribution in [0.25, 0.3) is 27.1 Å². The molecule has 1 aromatic carbocycles. The van der Waals surface area contributed by atoms with Crippen molar-refractivity contribution >= 4 is 62.2 Å². The van der Waals surface area contributed by atoms with Gasteiger partial charge in [-0.25, -0.2) is 4.98 Å². The quantitative estimate of drug-likeness (QED) is 0.298. The van der Waals surface area contributed by atoms with Crippen molar-refractivity contribution in [3.05, 3.63) is 68.0 Å². The third-order valence-corrected chi connectivity index (χ3v) is 6.64. The fourth-order valence-corrected chi connectivity index (χ4v) is 4.82. The Kier molecular flexibility index (Phi) is 3.69. The molecule has 0 amide bonds. The maximum absolute atomic E-state index is 12.7. The molecule has 1 aliphatic rings. The zero-order valence-corrected chi connectivity index (χ0v) is 16.3. The van der Waals surface area contributed by atoms with Gasteiger partial charge in [-0.1, -0.05) is 11.6 Å². The second kappa shape index (κ2) is 5.99. The van der Waals surface area contributed by atoms with Gasteiger partial charge in [-0.05, 0) is 36.8 Å². The van der Waals surface area contributed by atoms with Gasteiger partial charge in [0.1, 0.15) is 5.58 Å². The molecule has 0 aliphatic heterocycles. The average molecular weight is 412 g/mol. The summed E-state index contributed by atoms with van der Waals surface area (Å²) < 4.78 is 6.79. The number of fused-ring (bicyclic) bond motifs is 2. The number of thiazole rings is 1. The number of thiophene rings is 1. The Morgan fingerprint density at radius 1 is 1.11 bits per heavy atom. The Morgan fingerprint density at radius 2 is 1.89 bits per heavy atom. The number of rotatable bonds is 2. The van der Waals surface area contributed by atoms with E-state index >= 15 is 0 Å². The van der Waals surface area contributed by atoms with Gasteiger partial charge in [-0.15, -0.1) is 22.7 Å². The van der Waals surface area contributed by atoms with Gasteiger partial charge in [0.05, 0.1) is 10.3 Å². The van der Waals surface area contributed by atoms with E-state index in [0.717, 1.165) is 25.9 Å². The number of aryl methyl sites for hydroxylation is 1. The molecule has 0 N–H and O–H groups in total. The molecule has 0 spiro atoms. The van der Waals surface area contributed by atoms with Crippen LogP contribution in [0.1, 0.15) is 31.2 Å². The van der Waals surface area contributed by atoms with Crippen molar-refractivity contribution in [3.63, 3.8) is 0 Å². The Morgan fingerprint density at radius 3 is 2.59 bits per heavy atom. The van der Waals surface area contributed by atoms with Crippen molar-refractivity contribution in [1.29, 1.82) is 0 Å². The summed E-state index contributed by atoms with van der Waals surface area (Å²) in [6.07, 6.45) is 3.37. The first-order valence-electron chi connectivity index (χ1n) is 8.06. The number of allylic oxidation sites excluding steroid dienone is 1. The molecular formula is C20H10ClNO3S2. The summed E-state index contributed by atoms with van der Waals surface area (Å²) in [5.41, 5.74) is 2.44. The predicted octanol–water partition coefficient (Wildman–Crippen LogP) is 6.04. The van der Waals surface area contributed by atoms with Gasteiger partial charge in [0, 0.05) is 38.7 Å². The molecule has 7 heteroatoms. The van der Waals surface area contributed by atoms with E-state index in [-0.39, 0.29) is 17.1 Å². The number of furan rings is 1. The first-order valence-corrected chi connectivity index (χ1v) is 10.1. The van der Waals surface area contributed by atoms with E-state index in [1.165, 1.54) is 22.7 Å². The van der Waals surface area contributed by atoms with Crippen LogP contribution in [0, 0.1) is 6.92 Å². The zero-order valence-electron chi connectivity index (χ0n) is 13.9. The fraction of sp³-hybridized carbons (Fsp3) is 0.0500. The lowest BCUT2D eigenvalue weighted by molar-refractivity contribution is 0.0990. The maximum Gasteiger partial charge on any atom is 0.197 e. The summed E-state index contributed by atoms with van der Waals surface area (Å²) in [5.74, 6) is 0.171. The van der Waals surface area contributed by atoms with Crippen LogP contribution in [0.3, 0.4) is 0 Å². The molecule has 0 bridgehead atoms. The summed E-state index contributed by atoms with van der Waals surface area (Å²) in [6, 6.07) is 7.02. The number of halogens is 1. The van der Waals surface area contributed by atoms with Gasteiger partial charge in [0.15, 0.2) is 22.3 Å². The third-order valence-electron chi connectivity index (χ3n) is 4.43. The topological polar surface area (TPSA) is 60.2 Å². The van der Waals surface area contributed by atoms with Crippen molar-refractivity contribution in [3.8, 4) is 10.8 Å². The number of nitrogens with zero attached hydrogens (tertiary/aromatic N) is 1. The molecule has 3 heterocycles. The van der Waals surface area contributed by atoms with E-state index in [1.807, 2.05) is 24.4 Å². The summed E-state index contributed by atoms with van der Waals surface area (Å²) in [6.45, 7) is 1.82. The number of hydrogen-bond acceptors (Lipinski definition) is 6. The highest BCUT2D eigenvalue weighted by Crippen LogP contribution is 2.37. The lowest BCUT2D eigenvalue weighted by Crippen LogP contribution is -1.99. The van der Waals surface area contributed by atoms with Crippen molar-refractivity contribution < 1.29 is 14.0 Å². The van der Waals surface area contributed by atoms with E-state index in [4.69, 9.17) is 16.0 Å². The van der Waals surface area contributed by atoms with E-state index < -0.39 is 0 Å². The molecule has 0 fully saturated rings. The van der Waals surface area contributed by atoms with E-state index in [2.05, 4.69) is 4.98 Å². The minimum absolute atomic E-state index is 0.163. The van der Waals surface area contributed by atoms with E-state index in [0.29, 0.717) is 21.7 Å². The van der Waals surface area contributed by atoms with Crippen LogP contribution in [0.5, 0.6) is 0 Å². The van der Waals surface area contributed by atoms with Crippen LogP contribution in [-0.4, -0.2) is 16.6 Å². The first-order chi connectivity index (χ1) is 13.0. The standard InChI is InChI=1S/C20H10ClNO3S2/c1-9-4-11-12(7-14(9)21)19(24)13(18(11)23)5-10-6-15-17(27-10)8-16(25-15)20-22-2-3-26-20/h2-8H,1H3/b13-5+. The van der Waals surface area contributed by atoms with Crippen LogP contribution in [-0.2, 0) is 0 Å². The largest absolute Gasteiger partial charge is 0.453 e. The highest BCUT2D eigenvalue weighted by atomic mass is 35.5. The van der Waals surface area contributed by atoms with Crippen molar-refractivity contribution in [2.24, 2.45) is 0 Å². The Balaban J connectivity index is 1.54. The van der Waals surface area contributed by atoms with Gasteiger partial charge >= 0.3 is 0 Å². The van der Waals surface area contributed by atoms with Gasteiger partial charge in [-0.2, -0.15) is 0 Å². The van der Waals surface area contributed by atoms with E-state index in [1.54, 1.807) is 24.4 Å². The van der Waals surface area contributed by atoms with Crippen LogP contribution in [0.2, 0.25) is 5.02 Å². The minimum atomic E-state index is -0.287. The molecule has 0 saturated heterocycles. The summed E-state index contributed by atoms with van der Waals surface area (Å²) in [4.78, 5) is 30.4. The number of carbonyl (C=O) groups is 2. The minimum Gasteiger partial charge on any atom is -0.453 e. The summed E-state index contributed by atoms with van der Waals surface area (Å²) in [5, 5.41) is 3.20. The molecule has 0 saturated carbocycles. The van der Waals surface area contributed by atoms with Crippen LogP contribution >= 0.6 is 34.3 Å². The zero-order chi connectivity index (χ0) is 18.7. The number of carbonyl (C=O) groups excluding carboxylic acids is 2. The predicted molar refractivity (Wildman–Crippen MR) is 108 cm³/mol. The van der Waals surface area contributed by atoms with Crippen LogP contribution in [0.15, 0.2) is 45.8 Å². The second-order valence-electron chi connectivity index (χ2n) is 6.19. The number of benzene rings is 1. The van der Waals surface area contributed by atoms with Gasteiger partial charge in [-0.3, -0.25) is 9.59 Å². The number of ketones is 2. The van der Waals surface area contributed by atoms with Gasteiger partial charge in [0.25, 0.3) is 0 Å². The SMILES string of the molecule is Cc1cc2c(cc1Cl)C(=O)/C(=C/c1cc3oc(-c4nccs4)cc3s1)C2=O. The number of Topliss-reactive ketones (excluding diaryl/α,β-unsaturated/α-hetero) is 2. The smallest absolute Gasteiger partial charge is 0.197 e. The normalized spacial score (nSPS) is 15.3. The van der Waals surface area contributed by atoms with Gasteiger partial charge < -0.3 is 4.42 Å². The Labute approximate surface area is 166 Å². The molecule has 0 radical (unpaired) electrons. The molecule has 0 atom stereocenters. The van der Waals surface area contributed by atoms with E-state index in [9.17, 15) is 9.59 Å². The molecular weight excluding hydrogens is 402 g/mol. The fourth-order valence-electron chi connectivity index (χ4n) is 3.10. The highest BCUT2D eigenvalue weighted by molar-refractivity contribution is 7.20. The van der Waals surface area contributed by atoms with Crippen LogP contribution < -0.4 is 0 Å². The first kappa shape index (κ1) is 16.6. The molecule has 5 rings (SSSR count). The highest BCUT2D eigenvalue weighted by Gasteiger charge is 2.34. The maximum atomic E-state index is 12.7. The lowest BCUT2D eigenvalue weighted by atomic mass is 10.1. The third kappa shape index (κ3) is 2.60. The van der Waals surface area contributed by atoms with Crippen molar-refractivity contribution in [1.82, 2.24) is 4.98 Å². The second-order valence-corrected chi connectivity index (χ2v) is 8.61. The Hall–Kier alpha value is -2.54. The molecule has 3 aromatic heterocycles. The van der Waals surface area contributed by atoms with Crippen molar-refractivity contribution in [2.45, 2.75) is 6.92 Å². The average Bonchev–Trinajstić information content (AvgIpc) is 3.38. The van der Waals surface area contributed by atoms with Gasteiger partial charge in [0.2, 0.25) is 0 Å². The monoisotopic (exact) mass is 411 g/mol. The molecule has 0 unspecified atom stereocenters. The van der Waals surface area contributed by atoms with Crippen molar-refractivity contribution in [2.75, 3.05) is 0 Å². The molecule has 1 aliphatic carbocycles. The lowest BCUT2D eigenvalue weighted by Gasteiger charge is -2.00. The van der Waals surface area contributed by atoms with Crippen LogP contribution in [0.4, 0.5) is 0 Å². The summed E-state index contributed by atoms with van der Waals surface area (Å²) >= 11 is 9.09. The molecule has 132 valence electrons. The molecule has 4 aromatic rings. The number of hydrogen-bond donors (Lipinski definition) is 0. The molecule has 27 heavy (non-hydrogen) atoms.